The summed E-state index contributed by atoms with van der Waals surface area (Å²) in [6, 6.07) is 16.4. The van der Waals surface area contributed by atoms with Gasteiger partial charge in [0, 0.05) is 24.1 Å². The topological polar surface area (TPSA) is 43.3 Å². The Hall–Kier alpha value is -2.75. The van der Waals surface area contributed by atoms with Crippen LogP contribution >= 0.6 is 0 Å². The summed E-state index contributed by atoms with van der Waals surface area (Å²) >= 11 is 0. The lowest BCUT2D eigenvalue weighted by atomic mass is 10.0. The van der Waals surface area contributed by atoms with Gasteiger partial charge in [-0.15, -0.1) is 0 Å². The quantitative estimate of drug-likeness (QED) is 0.774. The third kappa shape index (κ3) is 3.00. The fourth-order valence-corrected chi connectivity index (χ4v) is 3.17. The third-order valence-corrected chi connectivity index (χ3v) is 4.22. The van der Waals surface area contributed by atoms with E-state index in [1.54, 1.807) is 7.11 Å². The number of amides is 1. The van der Waals surface area contributed by atoms with Crippen LogP contribution in [0.2, 0.25) is 0 Å². The minimum Gasteiger partial charge on any atom is -0.497 e. The van der Waals surface area contributed by atoms with Crippen LogP contribution in [0.3, 0.4) is 0 Å². The predicted molar refractivity (Wildman–Crippen MR) is 97.2 cm³/mol. The molecule has 4 heteroatoms. The SMILES string of the molecule is CCc1c(Cc2ccccc2)c2ccc(OC)cc2n1NC(C)=O. The summed E-state index contributed by atoms with van der Waals surface area (Å²) in [7, 11) is 1.65. The molecule has 0 bridgehead atoms. The van der Waals surface area contributed by atoms with E-state index in [1.807, 2.05) is 22.9 Å². The van der Waals surface area contributed by atoms with Gasteiger partial charge in [-0.1, -0.05) is 37.3 Å². The van der Waals surface area contributed by atoms with Gasteiger partial charge in [0.05, 0.1) is 12.6 Å². The molecule has 4 nitrogen and oxygen atoms in total. The lowest BCUT2D eigenvalue weighted by Gasteiger charge is -2.11. The van der Waals surface area contributed by atoms with Crippen molar-refractivity contribution in [2.75, 3.05) is 12.5 Å². The van der Waals surface area contributed by atoms with Crippen molar-refractivity contribution < 1.29 is 9.53 Å². The highest BCUT2D eigenvalue weighted by Crippen LogP contribution is 2.31. The van der Waals surface area contributed by atoms with E-state index in [4.69, 9.17) is 4.74 Å². The molecule has 124 valence electrons. The molecular weight excluding hydrogens is 300 g/mol. The van der Waals surface area contributed by atoms with Crippen LogP contribution in [0.5, 0.6) is 5.75 Å². The highest BCUT2D eigenvalue weighted by Gasteiger charge is 2.17. The average Bonchev–Trinajstić information content (AvgIpc) is 2.87. The standard InChI is InChI=1S/C20H22N2O2/c1-4-19-18(12-15-8-6-5-7-9-15)17-11-10-16(24-3)13-20(17)22(19)21-14(2)23/h5-11,13H,4,12H2,1-3H3,(H,21,23). The first-order chi connectivity index (χ1) is 11.6. The zero-order chi connectivity index (χ0) is 17.1. The molecule has 0 aliphatic carbocycles. The molecule has 0 aliphatic heterocycles. The summed E-state index contributed by atoms with van der Waals surface area (Å²) in [6.45, 7) is 3.64. The molecule has 0 saturated heterocycles. The molecule has 0 radical (unpaired) electrons. The number of hydrogen-bond acceptors (Lipinski definition) is 2. The first-order valence-electron chi connectivity index (χ1n) is 8.15. The number of aromatic nitrogens is 1. The summed E-state index contributed by atoms with van der Waals surface area (Å²) in [5, 5.41) is 1.14. The number of nitrogens with one attached hydrogen (secondary N) is 1. The maximum atomic E-state index is 11.7. The van der Waals surface area contributed by atoms with Crippen molar-refractivity contribution in [2.24, 2.45) is 0 Å². The number of rotatable bonds is 5. The Kier molecular flexibility index (Phi) is 4.56. The van der Waals surface area contributed by atoms with Crippen molar-refractivity contribution in [3.8, 4) is 5.75 Å². The van der Waals surface area contributed by atoms with Crippen molar-refractivity contribution in [1.82, 2.24) is 4.68 Å². The number of carbonyl (C=O) groups is 1. The highest BCUT2D eigenvalue weighted by molar-refractivity contribution is 5.90. The van der Waals surface area contributed by atoms with Gasteiger partial charge in [-0.25, -0.2) is 0 Å². The van der Waals surface area contributed by atoms with Gasteiger partial charge in [-0.3, -0.25) is 14.9 Å². The van der Waals surface area contributed by atoms with Gasteiger partial charge >= 0.3 is 0 Å². The second-order valence-electron chi connectivity index (χ2n) is 5.83. The fraction of sp³-hybridized carbons (Fsp3) is 0.250. The van der Waals surface area contributed by atoms with Gasteiger partial charge in [0.15, 0.2) is 0 Å². The van der Waals surface area contributed by atoms with Gasteiger partial charge in [-0.2, -0.15) is 0 Å². The Bertz CT molecular complexity index is 866. The average molecular weight is 322 g/mol. The van der Waals surface area contributed by atoms with Crippen LogP contribution in [0.25, 0.3) is 10.9 Å². The normalized spacial score (nSPS) is 10.8. The summed E-state index contributed by atoms with van der Waals surface area (Å²) in [4.78, 5) is 11.7. The molecule has 0 atom stereocenters. The second kappa shape index (κ2) is 6.79. The molecule has 24 heavy (non-hydrogen) atoms. The summed E-state index contributed by atoms with van der Waals surface area (Å²) in [5.41, 5.74) is 7.53. The first-order valence-corrected chi connectivity index (χ1v) is 8.15. The molecule has 0 aliphatic rings. The van der Waals surface area contributed by atoms with E-state index in [-0.39, 0.29) is 5.91 Å². The van der Waals surface area contributed by atoms with Gasteiger partial charge in [0.1, 0.15) is 5.75 Å². The molecule has 0 fully saturated rings. The third-order valence-electron chi connectivity index (χ3n) is 4.22. The molecule has 3 aromatic rings. The molecule has 0 saturated carbocycles. The fourth-order valence-electron chi connectivity index (χ4n) is 3.17. The summed E-state index contributed by atoms with van der Waals surface area (Å²) in [5.74, 6) is 0.691. The van der Waals surface area contributed by atoms with Crippen molar-refractivity contribution in [1.29, 1.82) is 0 Å². The maximum absolute atomic E-state index is 11.7. The minimum atomic E-state index is -0.0873. The van der Waals surface area contributed by atoms with Gasteiger partial charge in [0.25, 0.3) is 0 Å². The second-order valence-corrected chi connectivity index (χ2v) is 5.83. The predicted octanol–water partition coefficient (Wildman–Crippen LogP) is 3.89. The lowest BCUT2D eigenvalue weighted by Crippen LogP contribution is -2.21. The summed E-state index contributed by atoms with van der Waals surface area (Å²) in [6.07, 6.45) is 1.67. The largest absolute Gasteiger partial charge is 0.497 e. The van der Waals surface area contributed by atoms with E-state index in [2.05, 4.69) is 42.7 Å². The molecule has 1 N–H and O–H groups in total. The monoisotopic (exact) mass is 322 g/mol. The van der Waals surface area contributed by atoms with Crippen LogP contribution in [-0.2, 0) is 17.6 Å². The maximum Gasteiger partial charge on any atom is 0.235 e. The molecule has 2 aromatic carbocycles. The van der Waals surface area contributed by atoms with Crippen molar-refractivity contribution in [3.05, 3.63) is 65.4 Å². The van der Waals surface area contributed by atoms with Crippen molar-refractivity contribution in [2.45, 2.75) is 26.7 Å². The lowest BCUT2D eigenvalue weighted by molar-refractivity contribution is -0.115. The minimum absolute atomic E-state index is 0.0873. The van der Waals surface area contributed by atoms with E-state index in [0.717, 1.165) is 35.2 Å². The zero-order valence-corrected chi connectivity index (χ0v) is 14.3. The van der Waals surface area contributed by atoms with Crippen LogP contribution in [0.15, 0.2) is 48.5 Å². The van der Waals surface area contributed by atoms with Gasteiger partial charge < -0.3 is 4.74 Å². The van der Waals surface area contributed by atoms with Crippen LogP contribution in [0.1, 0.15) is 30.7 Å². The van der Waals surface area contributed by atoms with Crippen LogP contribution in [0.4, 0.5) is 0 Å². The van der Waals surface area contributed by atoms with E-state index in [1.165, 1.54) is 18.1 Å². The molecule has 1 amide bonds. The van der Waals surface area contributed by atoms with Crippen LogP contribution < -0.4 is 10.2 Å². The molecule has 0 spiro atoms. The van der Waals surface area contributed by atoms with E-state index < -0.39 is 0 Å². The van der Waals surface area contributed by atoms with Crippen molar-refractivity contribution in [3.63, 3.8) is 0 Å². The number of benzene rings is 2. The number of methoxy groups -OCH3 is 1. The highest BCUT2D eigenvalue weighted by atomic mass is 16.5. The number of fused-ring (bicyclic) bond motifs is 1. The molecule has 1 aromatic heterocycles. The smallest absolute Gasteiger partial charge is 0.235 e. The Balaban J connectivity index is 2.21. The van der Waals surface area contributed by atoms with Gasteiger partial charge in [0.2, 0.25) is 5.91 Å². The van der Waals surface area contributed by atoms with Crippen LogP contribution in [-0.4, -0.2) is 17.7 Å². The molecule has 0 unspecified atom stereocenters. The molecule has 1 heterocycles. The zero-order valence-electron chi connectivity index (χ0n) is 14.3. The number of hydrogen-bond donors (Lipinski definition) is 1. The number of nitrogens with zero attached hydrogens (tertiary/aromatic N) is 1. The molecule has 3 rings (SSSR count). The Labute approximate surface area is 142 Å². The number of carbonyl (C=O) groups excluding carboxylic acids is 1. The Morgan fingerprint density at radius 1 is 1.17 bits per heavy atom. The van der Waals surface area contributed by atoms with E-state index in [9.17, 15) is 4.79 Å². The van der Waals surface area contributed by atoms with E-state index >= 15 is 0 Å². The first kappa shape index (κ1) is 16.1. The van der Waals surface area contributed by atoms with E-state index in [0.29, 0.717) is 0 Å². The molecular formula is C20H22N2O2. The van der Waals surface area contributed by atoms with Crippen LogP contribution in [0, 0.1) is 0 Å². The van der Waals surface area contributed by atoms with Gasteiger partial charge in [-0.05, 0) is 36.1 Å². The Morgan fingerprint density at radius 3 is 2.54 bits per heavy atom. The van der Waals surface area contributed by atoms with Crippen molar-refractivity contribution >= 4 is 16.8 Å². The summed E-state index contributed by atoms with van der Waals surface area (Å²) < 4.78 is 7.26. The Morgan fingerprint density at radius 2 is 1.92 bits per heavy atom. The number of ether oxygens (including phenoxy) is 1.